The molecule has 6 aromatic rings. The zero-order valence-electron chi connectivity index (χ0n) is 30.9. The Bertz CT molecular complexity index is 2000. The molecule has 0 saturated carbocycles. The molecule has 0 N–H and O–H groups in total. The molecule has 10 heteroatoms. The van der Waals surface area contributed by atoms with Crippen LogP contribution in [0.4, 0.5) is 0 Å². The minimum atomic E-state index is -4.49. The maximum Gasteiger partial charge on any atom is 0.590 e. The Kier molecular flexibility index (Phi) is 14.1. The van der Waals surface area contributed by atoms with E-state index in [1.807, 2.05) is 133 Å². The lowest BCUT2D eigenvalue weighted by molar-refractivity contribution is -0.312. The Hall–Kier alpha value is -5.09. The average Bonchev–Trinajstić information content (AvgIpc) is 3.24. The van der Waals surface area contributed by atoms with Crippen LogP contribution in [0.15, 0.2) is 182 Å². The van der Waals surface area contributed by atoms with Crippen LogP contribution in [0.1, 0.15) is 22.3 Å². The highest BCUT2D eigenvalue weighted by molar-refractivity contribution is 7.49. The van der Waals surface area contributed by atoms with Gasteiger partial charge < -0.3 is 32.7 Å². The molecule has 1 aliphatic rings. The molecule has 0 aliphatic carbocycles. The van der Waals surface area contributed by atoms with Gasteiger partial charge in [-0.05, 0) is 46.5 Å². The first-order chi connectivity index (χ1) is 27.6. The Morgan fingerprint density at radius 2 is 0.786 bits per heavy atom. The molecule has 9 nitrogen and oxygen atoms in total. The minimum absolute atomic E-state index is 0.0915. The van der Waals surface area contributed by atoms with Gasteiger partial charge in [0, 0.05) is 0 Å². The molecule has 5 atom stereocenters. The number of phosphoric ester groups is 1. The molecule has 0 amide bonds. The molecule has 0 aromatic heterocycles. The summed E-state index contributed by atoms with van der Waals surface area (Å²) < 4.78 is 66.8. The number of rotatable bonds is 19. The van der Waals surface area contributed by atoms with Crippen LogP contribution < -0.4 is 9.05 Å². The van der Waals surface area contributed by atoms with Crippen molar-refractivity contribution in [2.45, 2.75) is 57.1 Å². The number of para-hydroxylation sites is 2. The lowest BCUT2D eigenvalue weighted by Crippen LogP contribution is -2.61. The van der Waals surface area contributed by atoms with Crippen molar-refractivity contribution in [3.8, 4) is 11.5 Å². The number of ether oxygens (including phenoxy) is 5. The van der Waals surface area contributed by atoms with Crippen molar-refractivity contribution in [3.05, 3.63) is 204 Å². The second-order valence-electron chi connectivity index (χ2n) is 13.2. The van der Waals surface area contributed by atoms with Crippen molar-refractivity contribution in [3.63, 3.8) is 0 Å². The predicted octanol–water partition coefficient (Wildman–Crippen LogP) is 9.97. The summed E-state index contributed by atoms with van der Waals surface area (Å²) in [6.45, 7) is 1.08. The van der Waals surface area contributed by atoms with Crippen molar-refractivity contribution in [1.29, 1.82) is 0 Å². The van der Waals surface area contributed by atoms with Gasteiger partial charge in [0.25, 0.3) is 0 Å². The van der Waals surface area contributed by atoms with E-state index in [0.29, 0.717) is 6.61 Å². The lowest BCUT2D eigenvalue weighted by atomic mass is 9.98. The van der Waals surface area contributed by atoms with Crippen LogP contribution in [0.3, 0.4) is 0 Å². The first kappa shape index (κ1) is 39.2. The van der Waals surface area contributed by atoms with Gasteiger partial charge in [-0.3, -0.25) is 0 Å². The molecule has 0 spiro atoms. The van der Waals surface area contributed by atoms with E-state index in [1.54, 1.807) is 48.5 Å². The van der Waals surface area contributed by atoms with E-state index in [9.17, 15) is 4.57 Å². The van der Waals surface area contributed by atoms with Crippen LogP contribution >= 0.6 is 7.82 Å². The van der Waals surface area contributed by atoms with E-state index in [-0.39, 0.29) is 37.9 Å². The van der Waals surface area contributed by atoms with Crippen molar-refractivity contribution >= 4 is 7.82 Å². The fourth-order valence-corrected chi connectivity index (χ4v) is 7.55. The summed E-state index contributed by atoms with van der Waals surface area (Å²) in [7, 11) is -4.49. The van der Waals surface area contributed by atoms with E-state index in [2.05, 4.69) is 0 Å². The lowest BCUT2D eigenvalue weighted by Gasteiger charge is -2.46. The number of benzene rings is 6. The third kappa shape index (κ3) is 11.5. The molecular formula is C46H45O9P. The molecule has 0 bridgehead atoms. The highest BCUT2D eigenvalue weighted by atomic mass is 31.2. The Balaban J connectivity index is 1.26. The summed E-state index contributed by atoms with van der Waals surface area (Å²) in [4.78, 5) is 0. The van der Waals surface area contributed by atoms with Gasteiger partial charge >= 0.3 is 7.82 Å². The summed E-state index contributed by atoms with van der Waals surface area (Å²) in [6, 6.07) is 56.8. The maximum absolute atomic E-state index is 14.9. The summed E-state index contributed by atoms with van der Waals surface area (Å²) in [5.74, 6) is 0.570. The topological polar surface area (TPSA) is 90.9 Å². The van der Waals surface area contributed by atoms with Gasteiger partial charge in [-0.25, -0.2) is 9.09 Å². The molecule has 1 saturated heterocycles. The Morgan fingerprint density at radius 3 is 1.21 bits per heavy atom. The predicted molar refractivity (Wildman–Crippen MR) is 213 cm³/mol. The molecule has 1 heterocycles. The first-order valence-corrected chi connectivity index (χ1v) is 20.1. The second kappa shape index (κ2) is 20.2. The molecule has 3 unspecified atom stereocenters. The first-order valence-electron chi connectivity index (χ1n) is 18.6. The van der Waals surface area contributed by atoms with Crippen LogP contribution in [0.25, 0.3) is 0 Å². The number of phosphoric acid groups is 1. The highest BCUT2D eigenvalue weighted by Gasteiger charge is 2.52. The van der Waals surface area contributed by atoms with Crippen LogP contribution in [0.2, 0.25) is 0 Å². The fraction of sp³-hybridized carbons (Fsp3) is 0.217. The molecule has 56 heavy (non-hydrogen) atoms. The number of hydrogen-bond donors (Lipinski definition) is 0. The second-order valence-corrected chi connectivity index (χ2v) is 14.7. The zero-order chi connectivity index (χ0) is 38.3. The molecule has 1 aliphatic heterocycles. The standard InChI is InChI=1S/C46H45O9P/c47-56(53-40-27-15-5-16-28-40,54-41-29-17-6-18-30-41)55-46-45(51-34-39-25-13-4-14-26-39)44(50-33-38-23-11-3-12-24-38)43(49-32-37-21-9-2-10-22-37)42(52-46)35-48-31-36-19-7-1-8-20-36/h1-30,42-46H,31-35H2/t42?,43-,44?,45?,46-/m1/s1. The normalized spacial score (nSPS) is 19.6. The van der Waals surface area contributed by atoms with Crippen LogP contribution in [0.5, 0.6) is 11.5 Å². The SMILES string of the molecule is O=P(Oc1ccccc1)(Oc1ccccc1)O[C@H]1OC(COCc2ccccc2)[C@@H](OCc2ccccc2)C(OCc2ccccc2)C1OCc1ccccc1. The summed E-state index contributed by atoms with van der Waals surface area (Å²) >= 11 is 0. The summed E-state index contributed by atoms with van der Waals surface area (Å²) in [5, 5.41) is 0. The molecule has 288 valence electrons. The van der Waals surface area contributed by atoms with Gasteiger partial charge in [0.15, 0.2) is 0 Å². The molecular weight excluding hydrogens is 727 g/mol. The molecule has 0 radical (unpaired) electrons. The fourth-order valence-electron chi connectivity index (χ4n) is 6.24. The summed E-state index contributed by atoms with van der Waals surface area (Å²) in [6.07, 6.45) is -4.63. The van der Waals surface area contributed by atoms with E-state index in [1.165, 1.54) is 0 Å². The Labute approximate surface area is 328 Å². The molecule has 7 rings (SSSR count). The van der Waals surface area contributed by atoms with Crippen molar-refractivity contribution in [2.75, 3.05) is 6.61 Å². The van der Waals surface area contributed by atoms with Crippen LogP contribution in [-0.2, 0) is 59.2 Å². The molecule has 1 fully saturated rings. The maximum atomic E-state index is 14.9. The Morgan fingerprint density at radius 1 is 0.429 bits per heavy atom. The van der Waals surface area contributed by atoms with Gasteiger partial charge in [-0.1, -0.05) is 158 Å². The highest BCUT2D eigenvalue weighted by Crippen LogP contribution is 2.52. The minimum Gasteiger partial charge on any atom is -0.395 e. The van der Waals surface area contributed by atoms with Crippen LogP contribution in [-0.4, -0.2) is 37.3 Å². The van der Waals surface area contributed by atoms with Crippen molar-refractivity contribution in [1.82, 2.24) is 0 Å². The van der Waals surface area contributed by atoms with Crippen LogP contribution in [0, 0.1) is 0 Å². The zero-order valence-corrected chi connectivity index (χ0v) is 31.8. The quantitative estimate of drug-likeness (QED) is 0.0747. The van der Waals surface area contributed by atoms with Crippen molar-refractivity contribution < 1.29 is 41.8 Å². The van der Waals surface area contributed by atoms with Gasteiger partial charge in [0.1, 0.15) is 35.9 Å². The van der Waals surface area contributed by atoms with Gasteiger partial charge in [-0.2, -0.15) is 0 Å². The smallest absolute Gasteiger partial charge is 0.395 e. The van der Waals surface area contributed by atoms with E-state index >= 15 is 0 Å². The third-order valence-corrected chi connectivity index (χ3v) is 10.3. The average molecular weight is 773 g/mol. The van der Waals surface area contributed by atoms with Gasteiger partial charge in [0.2, 0.25) is 6.29 Å². The van der Waals surface area contributed by atoms with Gasteiger partial charge in [-0.15, -0.1) is 0 Å². The van der Waals surface area contributed by atoms with E-state index in [4.69, 9.17) is 37.3 Å². The third-order valence-electron chi connectivity index (χ3n) is 8.99. The monoisotopic (exact) mass is 772 g/mol. The number of hydrogen-bond acceptors (Lipinski definition) is 9. The van der Waals surface area contributed by atoms with E-state index < -0.39 is 38.5 Å². The summed E-state index contributed by atoms with van der Waals surface area (Å²) in [5.41, 5.74) is 3.82. The van der Waals surface area contributed by atoms with E-state index in [0.717, 1.165) is 22.3 Å². The largest absolute Gasteiger partial charge is 0.590 e. The molecule has 6 aromatic carbocycles. The van der Waals surface area contributed by atoms with Crippen molar-refractivity contribution in [2.24, 2.45) is 0 Å². The van der Waals surface area contributed by atoms with Gasteiger partial charge in [0.05, 0.1) is 33.0 Å².